The molecule has 0 aromatic carbocycles. The van der Waals surface area contributed by atoms with Crippen LogP contribution >= 0.6 is 0 Å². The van der Waals surface area contributed by atoms with Crippen LogP contribution in [0.25, 0.3) is 0 Å². The smallest absolute Gasteiger partial charge is 0.373 e. The second kappa shape index (κ2) is 6.22. The highest BCUT2D eigenvalue weighted by Gasteiger charge is 2.11. The van der Waals surface area contributed by atoms with Crippen LogP contribution in [0, 0.1) is 0 Å². The predicted molar refractivity (Wildman–Crippen MR) is 46.8 cm³/mol. The number of carbonyl (C=O) groups excluding carboxylic acids is 2. The van der Waals surface area contributed by atoms with Gasteiger partial charge < -0.3 is 9.47 Å². The Morgan fingerprint density at radius 3 is 2.46 bits per heavy atom. The quantitative estimate of drug-likeness (QED) is 0.282. The van der Waals surface area contributed by atoms with Crippen molar-refractivity contribution in [2.75, 3.05) is 6.61 Å². The molecule has 0 aliphatic carbocycles. The summed E-state index contributed by atoms with van der Waals surface area (Å²) in [6, 6.07) is 0. The third kappa shape index (κ3) is 5.90. The monoisotopic (exact) mass is 186 g/mol. The number of hydrogen-bond donors (Lipinski definition) is 0. The van der Waals surface area contributed by atoms with Crippen molar-refractivity contribution in [3.8, 4) is 0 Å². The zero-order valence-corrected chi connectivity index (χ0v) is 7.96. The van der Waals surface area contributed by atoms with Gasteiger partial charge in [0.15, 0.2) is 0 Å². The van der Waals surface area contributed by atoms with E-state index in [2.05, 4.69) is 11.3 Å². The molecule has 0 fully saturated rings. The number of unbranched alkanes of at least 4 members (excludes halogenated alkanes) is 1. The lowest BCUT2D eigenvalue weighted by atomic mass is 10.4. The fourth-order valence-electron chi connectivity index (χ4n) is 0.605. The van der Waals surface area contributed by atoms with Crippen LogP contribution in [-0.4, -0.2) is 18.5 Å². The topological polar surface area (TPSA) is 52.6 Å². The van der Waals surface area contributed by atoms with E-state index in [1.54, 1.807) is 0 Å². The molecule has 0 aliphatic heterocycles. The van der Waals surface area contributed by atoms with Crippen molar-refractivity contribution in [3.63, 3.8) is 0 Å². The zero-order chi connectivity index (χ0) is 10.3. The summed E-state index contributed by atoms with van der Waals surface area (Å²) in [7, 11) is 0. The molecule has 4 nitrogen and oxygen atoms in total. The van der Waals surface area contributed by atoms with E-state index < -0.39 is 11.9 Å². The Hall–Kier alpha value is -1.32. The first kappa shape index (κ1) is 11.7. The molecule has 0 heterocycles. The van der Waals surface area contributed by atoms with E-state index in [1.165, 1.54) is 6.92 Å². The second-order valence-electron chi connectivity index (χ2n) is 2.51. The Morgan fingerprint density at radius 1 is 1.38 bits per heavy atom. The van der Waals surface area contributed by atoms with Crippen molar-refractivity contribution in [3.05, 3.63) is 12.3 Å². The minimum Gasteiger partial charge on any atom is -0.460 e. The van der Waals surface area contributed by atoms with Gasteiger partial charge >= 0.3 is 11.9 Å². The van der Waals surface area contributed by atoms with E-state index in [0.29, 0.717) is 6.61 Å². The largest absolute Gasteiger partial charge is 0.460 e. The van der Waals surface area contributed by atoms with E-state index >= 15 is 0 Å². The van der Waals surface area contributed by atoms with Crippen LogP contribution in [0.15, 0.2) is 12.3 Å². The summed E-state index contributed by atoms with van der Waals surface area (Å²) in [5.74, 6) is -1.51. The number of hydrogen-bond acceptors (Lipinski definition) is 4. The van der Waals surface area contributed by atoms with Crippen LogP contribution in [0.5, 0.6) is 0 Å². The SMILES string of the molecule is C=C(OC(C)=O)C(=O)OCCCC. The molecule has 0 aromatic rings. The van der Waals surface area contributed by atoms with E-state index in [9.17, 15) is 9.59 Å². The summed E-state index contributed by atoms with van der Waals surface area (Å²) >= 11 is 0. The van der Waals surface area contributed by atoms with Crippen molar-refractivity contribution in [1.29, 1.82) is 0 Å². The molecule has 0 saturated carbocycles. The van der Waals surface area contributed by atoms with Crippen LogP contribution in [0.1, 0.15) is 26.7 Å². The van der Waals surface area contributed by atoms with Gasteiger partial charge in [0, 0.05) is 6.92 Å². The summed E-state index contributed by atoms with van der Waals surface area (Å²) in [6.07, 6.45) is 1.73. The minimum atomic E-state index is -0.677. The maximum Gasteiger partial charge on any atom is 0.373 e. The maximum atomic E-state index is 11.0. The molecule has 0 saturated heterocycles. The van der Waals surface area contributed by atoms with Gasteiger partial charge in [-0.05, 0) is 13.0 Å². The molecule has 0 N–H and O–H groups in total. The molecule has 0 atom stereocenters. The lowest BCUT2D eigenvalue weighted by Crippen LogP contribution is -2.12. The fourth-order valence-corrected chi connectivity index (χ4v) is 0.605. The third-order valence-electron chi connectivity index (χ3n) is 1.23. The van der Waals surface area contributed by atoms with Gasteiger partial charge in [-0.3, -0.25) is 4.79 Å². The van der Waals surface area contributed by atoms with Crippen molar-refractivity contribution >= 4 is 11.9 Å². The van der Waals surface area contributed by atoms with Crippen molar-refractivity contribution < 1.29 is 19.1 Å². The molecule has 0 aromatic heterocycles. The minimum absolute atomic E-state index is 0.261. The van der Waals surface area contributed by atoms with Crippen molar-refractivity contribution in [2.24, 2.45) is 0 Å². The van der Waals surface area contributed by atoms with E-state index in [1.807, 2.05) is 6.92 Å². The summed E-state index contributed by atoms with van der Waals surface area (Å²) < 4.78 is 9.16. The van der Waals surface area contributed by atoms with E-state index in [0.717, 1.165) is 12.8 Å². The molecule has 0 radical (unpaired) electrons. The molecule has 0 aliphatic rings. The molecular weight excluding hydrogens is 172 g/mol. The highest BCUT2D eigenvalue weighted by atomic mass is 16.6. The highest BCUT2D eigenvalue weighted by molar-refractivity contribution is 5.88. The molecule has 13 heavy (non-hydrogen) atoms. The number of rotatable bonds is 5. The maximum absolute atomic E-state index is 11.0. The average molecular weight is 186 g/mol. The summed E-state index contributed by atoms with van der Waals surface area (Å²) in [6.45, 7) is 6.76. The van der Waals surface area contributed by atoms with Gasteiger partial charge in [-0.1, -0.05) is 13.3 Å². The predicted octanol–water partition coefficient (Wildman–Crippen LogP) is 1.41. The highest BCUT2D eigenvalue weighted by Crippen LogP contribution is 1.99. The first-order chi connectivity index (χ1) is 6.07. The summed E-state index contributed by atoms with van der Waals surface area (Å²) in [5, 5.41) is 0. The van der Waals surface area contributed by atoms with Crippen LogP contribution < -0.4 is 0 Å². The molecule has 74 valence electrons. The van der Waals surface area contributed by atoms with Crippen LogP contribution in [0.4, 0.5) is 0 Å². The Bertz CT molecular complexity index is 208. The van der Waals surface area contributed by atoms with Crippen LogP contribution in [0.3, 0.4) is 0 Å². The lowest BCUT2D eigenvalue weighted by molar-refractivity contribution is -0.150. The van der Waals surface area contributed by atoms with Gasteiger partial charge in [-0.25, -0.2) is 4.79 Å². The second-order valence-corrected chi connectivity index (χ2v) is 2.51. The first-order valence-electron chi connectivity index (χ1n) is 4.12. The van der Waals surface area contributed by atoms with Crippen molar-refractivity contribution in [1.82, 2.24) is 0 Å². The standard InChI is InChI=1S/C9H14O4/c1-4-5-6-12-9(11)7(2)13-8(3)10/h2,4-6H2,1,3H3. The van der Waals surface area contributed by atoms with Crippen molar-refractivity contribution in [2.45, 2.75) is 26.7 Å². The van der Waals surface area contributed by atoms with Gasteiger partial charge in [0.25, 0.3) is 0 Å². The number of ether oxygens (including phenoxy) is 2. The first-order valence-corrected chi connectivity index (χ1v) is 4.12. The van der Waals surface area contributed by atoms with E-state index in [-0.39, 0.29) is 5.76 Å². The number of carbonyl (C=O) groups is 2. The van der Waals surface area contributed by atoms with Gasteiger partial charge in [-0.2, -0.15) is 0 Å². The lowest BCUT2D eigenvalue weighted by Gasteiger charge is -2.05. The van der Waals surface area contributed by atoms with E-state index in [4.69, 9.17) is 4.74 Å². The van der Waals surface area contributed by atoms with Gasteiger partial charge in [0.05, 0.1) is 6.61 Å². The molecule has 0 amide bonds. The average Bonchev–Trinajstić information content (AvgIpc) is 2.03. The molecule has 0 rings (SSSR count). The van der Waals surface area contributed by atoms with Gasteiger partial charge in [0.2, 0.25) is 5.76 Å². The Balaban J connectivity index is 3.70. The normalized spacial score (nSPS) is 9.08. The van der Waals surface area contributed by atoms with Crippen LogP contribution in [-0.2, 0) is 19.1 Å². The fraction of sp³-hybridized carbons (Fsp3) is 0.556. The number of esters is 2. The molecule has 0 unspecified atom stereocenters. The van der Waals surface area contributed by atoms with Crippen LogP contribution in [0.2, 0.25) is 0 Å². The van der Waals surface area contributed by atoms with Gasteiger partial charge in [0.1, 0.15) is 0 Å². The summed E-state index contributed by atoms with van der Waals surface area (Å²) in [4.78, 5) is 21.4. The third-order valence-corrected chi connectivity index (χ3v) is 1.23. The Kier molecular flexibility index (Phi) is 5.59. The molecule has 0 spiro atoms. The zero-order valence-electron chi connectivity index (χ0n) is 7.96. The molecule has 0 bridgehead atoms. The molecular formula is C9H14O4. The van der Waals surface area contributed by atoms with Gasteiger partial charge in [-0.15, -0.1) is 0 Å². The Morgan fingerprint density at radius 2 is 2.00 bits per heavy atom. The molecule has 4 heteroatoms. The Labute approximate surface area is 77.5 Å². The summed E-state index contributed by atoms with van der Waals surface area (Å²) in [5.41, 5.74) is 0.